The van der Waals surface area contributed by atoms with E-state index < -0.39 is 12.0 Å². The summed E-state index contributed by atoms with van der Waals surface area (Å²) in [5.41, 5.74) is 0.967. The van der Waals surface area contributed by atoms with Crippen LogP contribution in [-0.2, 0) is 6.18 Å². The molecule has 0 bridgehead atoms. The summed E-state index contributed by atoms with van der Waals surface area (Å²) in [5.74, 6) is -0.989. The molecule has 0 spiro atoms. The van der Waals surface area contributed by atoms with Gasteiger partial charge in [-0.05, 0) is 18.6 Å². The minimum Gasteiger partial charge on any atom is -0.363 e. The van der Waals surface area contributed by atoms with Crippen LogP contribution in [0.3, 0.4) is 0 Å². The van der Waals surface area contributed by atoms with E-state index in [1.165, 1.54) is 6.07 Å². The molecule has 0 fully saturated rings. The van der Waals surface area contributed by atoms with Crippen molar-refractivity contribution >= 4 is 5.82 Å². The standard InChI is InChI=1S/C13H12F3N3/c1-9(10-5-3-2-4-6-10)18-11-7-8-17-12(19-11)13(14,15)16/h2-9H,1H3,(H,17,18,19)/t9-/m0/s1. The molecule has 0 saturated heterocycles. The van der Waals surface area contributed by atoms with Gasteiger partial charge in [-0.15, -0.1) is 0 Å². The van der Waals surface area contributed by atoms with Gasteiger partial charge in [-0.25, -0.2) is 9.97 Å². The lowest BCUT2D eigenvalue weighted by Crippen LogP contribution is -2.14. The lowest BCUT2D eigenvalue weighted by molar-refractivity contribution is -0.144. The normalized spacial score (nSPS) is 13.1. The predicted octanol–water partition coefficient (Wildman–Crippen LogP) is 3.67. The van der Waals surface area contributed by atoms with Gasteiger partial charge in [-0.1, -0.05) is 30.3 Å². The van der Waals surface area contributed by atoms with Crippen molar-refractivity contribution in [3.63, 3.8) is 0 Å². The first-order chi connectivity index (χ1) is 8.97. The van der Waals surface area contributed by atoms with Crippen LogP contribution in [0.4, 0.5) is 19.0 Å². The van der Waals surface area contributed by atoms with E-state index in [-0.39, 0.29) is 11.9 Å². The lowest BCUT2D eigenvalue weighted by atomic mass is 10.1. The molecule has 0 amide bonds. The van der Waals surface area contributed by atoms with E-state index in [1.54, 1.807) is 0 Å². The molecule has 19 heavy (non-hydrogen) atoms. The van der Waals surface area contributed by atoms with E-state index in [9.17, 15) is 13.2 Å². The number of hydrogen-bond donors (Lipinski definition) is 1. The zero-order valence-corrected chi connectivity index (χ0v) is 10.1. The molecule has 0 aliphatic carbocycles. The monoisotopic (exact) mass is 267 g/mol. The number of nitrogens with one attached hydrogen (secondary N) is 1. The van der Waals surface area contributed by atoms with Gasteiger partial charge >= 0.3 is 6.18 Å². The van der Waals surface area contributed by atoms with Crippen molar-refractivity contribution in [2.24, 2.45) is 0 Å². The van der Waals surface area contributed by atoms with E-state index in [0.29, 0.717) is 0 Å². The quantitative estimate of drug-likeness (QED) is 0.922. The fourth-order valence-corrected chi connectivity index (χ4v) is 1.62. The number of nitrogens with zero attached hydrogens (tertiary/aromatic N) is 2. The van der Waals surface area contributed by atoms with Crippen LogP contribution in [0.1, 0.15) is 24.4 Å². The van der Waals surface area contributed by atoms with Crippen molar-refractivity contribution in [2.45, 2.75) is 19.1 Å². The molecule has 0 aliphatic rings. The van der Waals surface area contributed by atoms with Crippen LogP contribution in [0, 0.1) is 0 Å². The maximum absolute atomic E-state index is 12.5. The smallest absolute Gasteiger partial charge is 0.363 e. The third-order valence-corrected chi connectivity index (χ3v) is 2.57. The second kappa shape index (κ2) is 5.26. The van der Waals surface area contributed by atoms with E-state index >= 15 is 0 Å². The highest BCUT2D eigenvalue weighted by atomic mass is 19.4. The van der Waals surface area contributed by atoms with Crippen LogP contribution in [0.15, 0.2) is 42.6 Å². The van der Waals surface area contributed by atoms with Gasteiger partial charge in [0.25, 0.3) is 0 Å². The summed E-state index contributed by atoms with van der Waals surface area (Å²) in [4.78, 5) is 6.68. The van der Waals surface area contributed by atoms with Gasteiger partial charge in [0.2, 0.25) is 5.82 Å². The summed E-state index contributed by atoms with van der Waals surface area (Å²) in [7, 11) is 0. The Balaban J connectivity index is 2.16. The van der Waals surface area contributed by atoms with E-state index in [2.05, 4.69) is 15.3 Å². The summed E-state index contributed by atoms with van der Waals surface area (Å²) in [6.45, 7) is 1.85. The van der Waals surface area contributed by atoms with E-state index in [0.717, 1.165) is 11.8 Å². The number of aromatic nitrogens is 2. The molecule has 0 radical (unpaired) electrons. The summed E-state index contributed by atoms with van der Waals surface area (Å²) in [6, 6.07) is 10.7. The summed E-state index contributed by atoms with van der Waals surface area (Å²) >= 11 is 0. The lowest BCUT2D eigenvalue weighted by Gasteiger charge is -2.15. The predicted molar refractivity (Wildman–Crippen MR) is 65.5 cm³/mol. The van der Waals surface area contributed by atoms with Gasteiger partial charge in [0.15, 0.2) is 0 Å². The highest BCUT2D eigenvalue weighted by Crippen LogP contribution is 2.27. The molecular formula is C13H12F3N3. The minimum atomic E-state index is -4.53. The maximum atomic E-state index is 12.5. The van der Waals surface area contributed by atoms with Crippen LogP contribution < -0.4 is 5.32 Å². The Labute approximate surface area is 108 Å². The van der Waals surface area contributed by atoms with E-state index in [1.807, 2.05) is 37.3 Å². The van der Waals surface area contributed by atoms with Gasteiger partial charge in [-0.3, -0.25) is 0 Å². The Morgan fingerprint density at radius 2 is 1.79 bits per heavy atom. The number of anilines is 1. The van der Waals surface area contributed by atoms with Crippen LogP contribution in [0.2, 0.25) is 0 Å². The van der Waals surface area contributed by atoms with Crippen LogP contribution in [-0.4, -0.2) is 9.97 Å². The zero-order valence-electron chi connectivity index (χ0n) is 10.1. The third-order valence-electron chi connectivity index (χ3n) is 2.57. The molecule has 2 aromatic rings. The van der Waals surface area contributed by atoms with Crippen molar-refractivity contribution in [3.8, 4) is 0 Å². The Hall–Kier alpha value is -2.11. The SMILES string of the molecule is C[C@H](Nc1ccnc(C(F)(F)F)n1)c1ccccc1. The first kappa shape index (κ1) is 13.3. The van der Waals surface area contributed by atoms with Crippen molar-refractivity contribution in [2.75, 3.05) is 5.32 Å². The van der Waals surface area contributed by atoms with Crippen LogP contribution >= 0.6 is 0 Å². The summed E-state index contributed by atoms with van der Waals surface area (Å²) < 4.78 is 37.4. The fraction of sp³-hybridized carbons (Fsp3) is 0.231. The highest BCUT2D eigenvalue weighted by molar-refractivity contribution is 5.37. The minimum absolute atomic E-state index is 0.141. The summed E-state index contributed by atoms with van der Waals surface area (Å²) in [5, 5.41) is 2.92. The first-order valence-corrected chi connectivity index (χ1v) is 5.68. The molecule has 1 atom stereocenters. The topological polar surface area (TPSA) is 37.8 Å². The van der Waals surface area contributed by atoms with Crippen LogP contribution in [0.25, 0.3) is 0 Å². The van der Waals surface area contributed by atoms with E-state index in [4.69, 9.17) is 0 Å². The molecule has 0 aliphatic heterocycles. The Morgan fingerprint density at radius 1 is 1.11 bits per heavy atom. The van der Waals surface area contributed by atoms with Crippen molar-refractivity contribution in [1.29, 1.82) is 0 Å². The zero-order chi connectivity index (χ0) is 13.9. The number of hydrogen-bond acceptors (Lipinski definition) is 3. The van der Waals surface area contributed by atoms with Gasteiger partial charge in [0.05, 0.1) is 0 Å². The molecule has 100 valence electrons. The molecule has 1 aromatic heterocycles. The first-order valence-electron chi connectivity index (χ1n) is 5.68. The molecule has 1 N–H and O–H groups in total. The number of alkyl halides is 3. The second-order valence-electron chi connectivity index (χ2n) is 4.04. The van der Waals surface area contributed by atoms with Crippen molar-refractivity contribution in [1.82, 2.24) is 9.97 Å². The van der Waals surface area contributed by atoms with Crippen molar-refractivity contribution in [3.05, 3.63) is 54.0 Å². The fourth-order valence-electron chi connectivity index (χ4n) is 1.62. The molecule has 0 unspecified atom stereocenters. The van der Waals surface area contributed by atoms with Gasteiger partial charge in [0.1, 0.15) is 5.82 Å². The molecule has 0 saturated carbocycles. The van der Waals surface area contributed by atoms with Gasteiger partial charge in [0, 0.05) is 12.2 Å². The molecule has 3 nitrogen and oxygen atoms in total. The largest absolute Gasteiger partial charge is 0.451 e. The highest BCUT2D eigenvalue weighted by Gasteiger charge is 2.34. The van der Waals surface area contributed by atoms with Crippen molar-refractivity contribution < 1.29 is 13.2 Å². The second-order valence-corrected chi connectivity index (χ2v) is 4.04. The average Bonchev–Trinajstić information content (AvgIpc) is 2.39. The third kappa shape index (κ3) is 3.43. The molecule has 2 rings (SSSR count). The Kier molecular flexibility index (Phi) is 3.69. The molecule has 1 aromatic carbocycles. The Morgan fingerprint density at radius 3 is 2.42 bits per heavy atom. The average molecular weight is 267 g/mol. The molecule has 1 heterocycles. The number of benzene rings is 1. The van der Waals surface area contributed by atoms with Gasteiger partial charge < -0.3 is 5.32 Å². The Bertz CT molecular complexity index is 540. The number of halogens is 3. The van der Waals surface area contributed by atoms with Gasteiger partial charge in [-0.2, -0.15) is 13.2 Å². The maximum Gasteiger partial charge on any atom is 0.451 e. The summed E-state index contributed by atoms with van der Waals surface area (Å²) in [6.07, 6.45) is -3.44. The molecule has 6 heteroatoms. The van der Waals surface area contributed by atoms with Crippen LogP contribution in [0.5, 0.6) is 0 Å². The number of rotatable bonds is 3. The molecular weight excluding hydrogens is 255 g/mol.